The molecule has 4 saturated carbocycles. The van der Waals surface area contributed by atoms with Crippen molar-refractivity contribution in [3.05, 3.63) is 11.6 Å². The number of carbonyl (C=O) groups excluding carboxylic acids is 4. The second-order valence-electron chi connectivity index (χ2n) is 20.6. The zero-order valence-corrected chi connectivity index (χ0v) is 40.3. The summed E-state index contributed by atoms with van der Waals surface area (Å²) in [5, 5.41) is 89.2. The monoisotopic (exact) mass is 865 g/mol. The average molecular weight is 866 g/mol. The maximum Gasteiger partial charge on any atom is 1.00 e. The van der Waals surface area contributed by atoms with Gasteiger partial charge in [-0.1, -0.05) is 54.0 Å². The van der Waals surface area contributed by atoms with Crippen LogP contribution in [0.25, 0.3) is 0 Å². The summed E-state index contributed by atoms with van der Waals surface area (Å²) in [5.74, 6) is -5.37. The maximum absolute atomic E-state index is 14.8. The third-order valence-electron chi connectivity index (χ3n) is 17.2. The number of aliphatic hydroxyl groups is 5. The van der Waals surface area contributed by atoms with Gasteiger partial charge in [0, 0.05) is 17.3 Å². The number of aliphatic carboxylic acids is 3. The molecule has 2 heterocycles. The second kappa shape index (κ2) is 17.0. The molecule has 19 unspecified atom stereocenters. The number of fused-ring (bicyclic) bond motifs is 7. The van der Waals surface area contributed by atoms with Crippen molar-refractivity contribution in [2.45, 2.75) is 174 Å². The molecule has 0 aromatic rings. The van der Waals surface area contributed by atoms with Crippen LogP contribution in [0.3, 0.4) is 0 Å². The maximum atomic E-state index is 14.8. The minimum absolute atomic E-state index is 0. The zero-order valence-electron chi connectivity index (χ0n) is 36.3. The number of aliphatic hydroxyl groups excluding tert-OH is 5. The Kier molecular flexibility index (Phi) is 14.3. The first kappa shape index (κ1) is 50.5. The van der Waals surface area contributed by atoms with Gasteiger partial charge in [-0.3, -0.25) is 4.79 Å². The van der Waals surface area contributed by atoms with Crippen LogP contribution in [0.15, 0.2) is 11.6 Å². The van der Waals surface area contributed by atoms with Gasteiger partial charge < -0.3 is 74.2 Å². The summed E-state index contributed by atoms with van der Waals surface area (Å²) in [7, 11) is 0. The van der Waals surface area contributed by atoms with Gasteiger partial charge in [-0.15, -0.1) is 0 Å². The molecule has 18 heteroatoms. The first-order valence-corrected chi connectivity index (χ1v) is 20.7. The molecule has 5 aliphatic carbocycles. The molecule has 0 spiro atoms. The van der Waals surface area contributed by atoms with Crippen molar-refractivity contribution in [3.8, 4) is 0 Å². The summed E-state index contributed by atoms with van der Waals surface area (Å²) in [5.41, 5.74) is -2.11. The number of carboxylic acid groups (broad SMARTS) is 3. The molecule has 2 saturated heterocycles. The summed E-state index contributed by atoms with van der Waals surface area (Å²) in [4.78, 5) is 50.9. The molecule has 0 aromatic heterocycles. The van der Waals surface area contributed by atoms with Gasteiger partial charge in [0.05, 0.1) is 18.0 Å². The number of rotatable bonds is 7. The number of carbonyl (C=O) groups is 4. The van der Waals surface area contributed by atoms with Crippen molar-refractivity contribution in [3.63, 3.8) is 0 Å². The van der Waals surface area contributed by atoms with E-state index in [0.29, 0.717) is 38.5 Å². The first-order valence-electron chi connectivity index (χ1n) is 20.7. The van der Waals surface area contributed by atoms with E-state index in [1.165, 1.54) is 0 Å². The van der Waals surface area contributed by atoms with E-state index in [1.54, 1.807) is 6.92 Å². The van der Waals surface area contributed by atoms with E-state index in [-0.39, 0.29) is 93.5 Å². The molecule has 60 heavy (non-hydrogen) atoms. The fraction of sp³-hybridized carbons (Fsp3) is 0.857. The molecule has 7 rings (SSSR count). The predicted octanol–water partition coefficient (Wildman–Crippen LogP) is -7.75. The Hall–Kier alpha value is -0.540. The molecule has 5 N–H and O–H groups in total. The van der Waals surface area contributed by atoms with Gasteiger partial charge >= 0.3 is 59.1 Å². The van der Waals surface area contributed by atoms with Crippen LogP contribution < -0.4 is 74.4 Å². The molecule has 6 fully saturated rings. The predicted molar refractivity (Wildman–Crippen MR) is 192 cm³/mol. The molecule has 326 valence electrons. The largest absolute Gasteiger partial charge is 1.00 e. The molecule has 0 bridgehead atoms. The third kappa shape index (κ3) is 7.58. The van der Waals surface area contributed by atoms with Gasteiger partial charge in [0.25, 0.3) is 0 Å². The van der Waals surface area contributed by atoms with Crippen LogP contribution in [0, 0.1) is 50.2 Å². The van der Waals surface area contributed by atoms with Gasteiger partial charge in [-0.2, -0.15) is 0 Å². The van der Waals surface area contributed by atoms with Crippen LogP contribution in [-0.2, 0) is 38.1 Å². The van der Waals surface area contributed by atoms with Crippen molar-refractivity contribution < 1.29 is 138 Å². The van der Waals surface area contributed by atoms with E-state index in [0.717, 1.165) is 24.8 Å². The van der Waals surface area contributed by atoms with Crippen molar-refractivity contribution in [1.82, 2.24) is 0 Å². The van der Waals surface area contributed by atoms with E-state index in [4.69, 9.17) is 18.9 Å². The number of carboxylic acids is 3. The number of hydrogen-bond acceptors (Lipinski definition) is 16. The molecule has 16 nitrogen and oxygen atoms in total. The Morgan fingerprint density at radius 2 is 1.27 bits per heavy atom. The first-order chi connectivity index (χ1) is 26.8. The number of allylic oxidation sites excluding steroid dienone is 2. The molecule has 7 aliphatic rings. The van der Waals surface area contributed by atoms with Gasteiger partial charge in [0.2, 0.25) is 0 Å². The van der Waals surface area contributed by atoms with Crippen molar-refractivity contribution in [2.24, 2.45) is 50.2 Å². The van der Waals surface area contributed by atoms with E-state index in [1.807, 2.05) is 19.9 Å². The molecular formula is C42H59Na2O16-. The van der Waals surface area contributed by atoms with E-state index in [9.17, 15) is 60.0 Å². The average Bonchev–Trinajstić information content (AvgIpc) is 3.13. The minimum atomic E-state index is -2.16. The summed E-state index contributed by atoms with van der Waals surface area (Å²) in [6.07, 6.45) is -13.4. The Morgan fingerprint density at radius 3 is 1.85 bits per heavy atom. The molecule has 19 atom stereocenters. The molecule has 2 aliphatic heterocycles. The summed E-state index contributed by atoms with van der Waals surface area (Å²) in [6, 6.07) is 0. The second-order valence-corrected chi connectivity index (χ2v) is 20.6. The van der Waals surface area contributed by atoms with Crippen LogP contribution in [0.1, 0.15) is 106 Å². The molecule has 0 radical (unpaired) electrons. The number of ether oxygens (including phenoxy) is 4. The molecule has 0 aromatic carbocycles. The van der Waals surface area contributed by atoms with Crippen LogP contribution >= 0.6 is 0 Å². The zero-order chi connectivity index (χ0) is 42.9. The van der Waals surface area contributed by atoms with Crippen molar-refractivity contribution in [2.75, 3.05) is 0 Å². The van der Waals surface area contributed by atoms with Crippen LogP contribution in [-0.4, -0.2) is 117 Å². The van der Waals surface area contributed by atoms with Gasteiger partial charge in [0.15, 0.2) is 18.4 Å². The van der Waals surface area contributed by atoms with Crippen molar-refractivity contribution >= 4 is 23.7 Å². The van der Waals surface area contributed by atoms with Gasteiger partial charge in [-0.25, -0.2) is 0 Å². The quantitative estimate of drug-likeness (QED) is 0.117. The van der Waals surface area contributed by atoms with E-state index >= 15 is 0 Å². The Labute approximate surface area is 394 Å². The van der Waals surface area contributed by atoms with Gasteiger partial charge in [-0.05, 0) is 103 Å². The fourth-order valence-electron chi connectivity index (χ4n) is 13.3. The summed E-state index contributed by atoms with van der Waals surface area (Å²) < 4.78 is 23.1. The standard InChI is InChI=1S/C42H62O16.2Na/c1-37(2)21-8-11-42(7)31(20(43)16-18-19-17-39(4,36(53)54)13-12-38(19,3)14-15-41(18,42)6)40(21,5)10-9-22(37)55-35-30(26(47)25(46)29(57-35)33(51)52)58-34-27(48)23(44)24(45)28(56-34)32(49)50;;/h16,19,21-31,34-35,44-48H,8-15,17H2,1-7H3,(H,49,50)(H,51,52)(H,53,54);;/q;2*+1/p-3. The molecule has 0 amide bonds. The molecular weight excluding hydrogens is 806 g/mol. The van der Waals surface area contributed by atoms with E-state index in [2.05, 4.69) is 27.7 Å². The Morgan fingerprint density at radius 1 is 0.700 bits per heavy atom. The van der Waals surface area contributed by atoms with Crippen molar-refractivity contribution in [1.29, 1.82) is 0 Å². The number of hydrogen-bond donors (Lipinski definition) is 5. The normalized spacial score (nSPS) is 50.8. The Balaban J connectivity index is 0.00000341. The summed E-state index contributed by atoms with van der Waals surface area (Å²) >= 11 is 0. The van der Waals surface area contributed by atoms with Gasteiger partial charge in [0.1, 0.15) is 48.8 Å². The van der Waals surface area contributed by atoms with E-state index < -0.39 is 107 Å². The SMILES string of the molecule is CC1(C(=O)[O-])CCC2(C)CCC3(C)C(=CC(=O)C4C5(C)CCC(OC6OC(C(=O)[O-])C(O)C(O)C6OC6OC(C(=O)[O-])C(O)C(O)C6O)C(C)(C)C5CCC43C)C2C1.[Na+].[Na+]. The van der Waals surface area contributed by atoms with Crippen LogP contribution in [0.2, 0.25) is 0 Å². The fourth-order valence-corrected chi connectivity index (χ4v) is 13.3. The number of ketones is 1. The minimum Gasteiger partial charge on any atom is -0.550 e. The third-order valence-corrected chi connectivity index (χ3v) is 17.2. The van der Waals surface area contributed by atoms with Crippen LogP contribution in [0.4, 0.5) is 0 Å². The Bertz CT molecular complexity index is 1740. The summed E-state index contributed by atoms with van der Waals surface area (Å²) in [6.45, 7) is 14.6. The smallest absolute Gasteiger partial charge is 0.550 e. The topological polar surface area (TPSA) is 276 Å². The van der Waals surface area contributed by atoms with Crippen LogP contribution in [0.5, 0.6) is 0 Å².